The molecule has 7 heteroatoms. The Hall–Kier alpha value is -1.37. The van der Waals surface area contributed by atoms with Gasteiger partial charge in [-0.25, -0.2) is 19.9 Å². The lowest BCUT2D eigenvalue weighted by Gasteiger charge is -2.05. The van der Waals surface area contributed by atoms with Crippen LogP contribution in [0.4, 0.5) is 0 Å². The van der Waals surface area contributed by atoms with E-state index in [9.17, 15) is 0 Å². The number of nitrogens with zero attached hydrogens (tertiary/aromatic N) is 4. The van der Waals surface area contributed by atoms with E-state index < -0.39 is 0 Å². The number of thioether (sulfide) groups is 1. The van der Waals surface area contributed by atoms with E-state index in [-0.39, 0.29) is 0 Å². The van der Waals surface area contributed by atoms with E-state index in [1.807, 2.05) is 30.5 Å². The molecule has 2 heterocycles. The molecule has 2 aromatic heterocycles. The number of fused-ring (bicyclic) bond motifs is 1. The summed E-state index contributed by atoms with van der Waals surface area (Å²) in [6.07, 6.45) is 3.48. The van der Waals surface area contributed by atoms with E-state index >= 15 is 0 Å². The van der Waals surface area contributed by atoms with Gasteiger partial charge in [-0.2, -0.15) is 0 Å². The van der Waals surface area contributed by atoms with Crippen LogP contribution in [0.25, 0.3) is 10.9 Å². The monoisotopic (exact) mass is 320 g/mol. The Kier molecular flexibility index (Phi) is 4.05. The van der Waals surface area contributed by atoms with Crippen molar-refractivity contribution >= 4 is 46.0 Å². The Bertz CT molecular complexity index is 761. The highest BCUT2D eigenvalue weighted by Crippen LogP contribution is 2.31. The Morgan fingerprint density at radius 3 is 2.80 bits per heavy atom. The second kappa shape index (κ2) is 5.95. The zero-order chi connectivity index (χ0) is 13.9. The van der Waals surface area contributed by atoms with Gasteiger partial charge in [0.2, 0.25) is 0 Å². The topological polar surface area (TPSA) is 51.6 Å². The van der Waals surface area contributed by atoms with Crippen LogP contribution in [0.3, 0.4) is 0 Å². The van der Waals surface area contributed by atoms with E-state index in [4.69, 9.17) is 11.6 Å². The predicted octanol–water partition coefficient (Wildman–Crippen LogP) is 3.95. The maximum atomic E-state index is 6.00. The standard InChI is InChI=1S/C13H9ClN4S2/c1-19-13-17-10(14)6-11(18-13)20-12-8-4-2-3-5-9(8)15-7-16-12/h2-7H,1H3. The van der Waals surface area contributed by atoms with Gasteiger partial charge in [0.05, 0.1) is 5.52 Å². The van der Waals surface area contributed by atoms with Crippen molar-refractivity contribution in [1.29, 1.82) is 0 Å². The average molecular weight is 321 g/mol. The van der Waals surface area contributed by atoms with Gasteiger partial charge in [-0.3, -0.25) is 0 Å². The van der Waals surface area contributed by atoms with Crippen molar-refractivity contribution in [2.45, 2.75) is 15.2 Å². The molecule has 0 saturated carbocycles. The summed E-state index contributed by atoms with van der Waals surface area (Å²) < 4.78 is 0. The molecule has 0 spiro atoms. The van der Waals surface area contributed by atoms with Crippen LogP contribution in [0.15, 0.2) is 51.9 Å². The van der Waals surface area contributed by atoms with Gasteiger partial charge in [-0.05, 0) is 24.1 Å². The highest BCUT2D eigenvalue weighted by atomic mass is 35.5. The number of hydrogen-bond acceptors (Lipinski definition) is 6. The lowest BCUT2D eigenvalue weighted by Crippen LogP contribution is -1.91. The molecular weight excluding hydrogens is 312 g/mol. The smallest absolute Gasteiger partial charge is 0.189 e. The highest BCUT2D eigenvalue weighted by Gasteiger charge is 2.08. The first kappa shape index (κ1) is 13.6. The summed E-state index contributed by atoms with van der Waals surface area (Å²) >= 11 is 8.92. The second-order valence-corrected chi connectivity index (χ2v) is 5.98. The Labute approximate surface area is 129 Å². The summed E-state index contributed by atoms with van der Waals surface area (Å²) in [4.78, 5) is 17.1. The minimum atomic E-state index is 0.435. The minimum Gasteiger partial charge on any atom is -0.236 e. The third kappa shape index (κ3) is 2.87. The van der Waals surface area contributed by atoms with Gasteiger partial charge in [0, 0.05) is 11.5 Å². The highest BCUT2D eigenvalue weighted by molar-refractivity contribution is 7.99. The molecule has 0 amide bonds. The molecule has 0 radical (unpaired) electrons. The van der Waals surface area contributed by atoms with Gasteiger partial charge in [-0.15, -0.1) is 0 Å². The number of hydrogen-bond donors (Lipinski definition) is 0. The lowest BCUT2D eigenvalue weighted by molar-refractivity contribution is 0.892. The largest absolute Gasteiger partial charge is 0.236 e. The molecule has 20 heavy (non-hydrogen) atoms. The van der Waals surface area contributed by atoms with Crippen LogP contribution in [0, 0.1) is 0 Å². The summed E-state index contributed by atoms with van der Waals surface area (Å²) in [5, 5.41) is 3.72. The Morgan fingerprint density at radius 2 is 1.95 bits per heavy atom. The number of para-hydroxylation sites is 1. The Morgan fingerprint density at radius 1 is 1.10 bits per heavy atom. The van der Waals surface area contributed by atoms with E-state index in [0.717, 1.165) is 21.0 Å². The zero-order valence-corrected chi connectivity index (χ0v) is 12.8. The molecule has 0 atom stereocenters. The summed E-state index contributed by atoms with van der Waals surface area (Å²) in [5.74, 6) is 0. The molecule has 0 fully saturated rings. The van der Waals surface area contributed by atoms with Crippen molar-refractivity contribution < 1.29 is 0 Å². The van der Waals surface area contributed by atoms with E-state index in [1.165, 1.54) is 23.5 Å². The molecule has 3 aromatic rings. The molecule has 100 valence electrons. The van der Waals surface area contributed by atoms with Crippen molar-refractivity contribution in [2.24, 2.45) is 0 Å². The van der Waals surface area contributed by atoms with Gasteiger partial charge < -0.3 is 0 Å². The first-order valence-corrected chi connectivity index (χ1v) is 8.14. The SMILES string of the molecule is CSc1nc(Cl)cc(Sc2ncnc3ccccc23)n1. The van der Waals surface area contributed by atoms with Gasteiger partial charge in [0.25, 0.3) is 0 Å². The van der Waals surface area contributed by atoms with Crippen LogP contribution in [0.5, 0.6) is 0 Å². The molecule has 0 saturated heterocycles. The molecule has 0 aliphatic rings. The van der Waals surface area contributed by atoms with Crippen LogP contribution in [-0.4, -0.2) is 26.2 Å². The van der Waals surface area contributed by atoms with Crippen LogP contribution in [0.1, 0.15) is 0 Å². The number of benzene rings is 1. The first-order chi connectivity index (χ1) is 9.76. The lowest BCUT2D eigenvalue weighted by atomic mass is 10.2. The van der Waals surface area contributed by atoms with Crippen molar-refractivity contribution in [2.75, 3.05) is 6.26 Å². The van der Waals surface area contributed by atoms with Crippen LogP contribution in [0.2, 0.25) is 5.15 Å². The molecule has 3 rings (SSSR count). The fourth-order valence-corrected chi connectivity index (χ4v) is 3.30. The molecule has 0 unspecified atom stereocenters. The van der Waals surface area contributed by atoms with Gasteiger partial charge in [0.15, 0.2) is 5.16 Å². The van der Waals surface area contributed by atoms with Crippen molar-refractivity contribution in [3.05, 3.63) is 41.8 Å². The molecule has 0 aliphatic carbocycles. The second-order valence-electron chi connectivity index (χ2n) is 3.81. The van der Waals surface area contributed by atoms with E-state index in [1.54, 1.807) is 12.4 Å². The predicted molar refractivity (Wildman–Crippen MR) is 82.5 cm³/mol. The molecule has 0 N–H and O–H groups in total. The summed E-state index contributed by atoms with van der Waals surface area (Å²) in [7, 11) is 0. The van der Waals surface area contributed by atoms with Crippen LogP contribution in [-0.2, 0) is 0 Å². The average Bonchev–Trinajstić information content (AvgIpc) is 2.47. The molecule has 0 bridgehead atoms. The van der Waals surface area contributed by atoms with Crippen molar-refractivity contribution in [1.82, 2.24) is 19.9 Å². The van der Waals surface area contributed by atoms with E-state index in [0.29, 0.717) is 10.3 Å². The van der Waals surface area contributed by atoms with E-state index in [2.05, 4.69) is 19.9 Å². The van der Waals surface area contributed by atoms with Gasteiger partial charge in [0.1, 0.15) is 21.5 Å². The molecule has 1 aromatic carbocycles. The van der Waals surface area contributed by atoms with Crippen molar-refractivity contribution in [3.63, 3.8) is 0 Å². The van der Waals surface area contributed by atoms with Gasteiger partial charge in [-0.1, -0.05) is 41.6 Å². The van der Waals surface area contributed by atoms with Gasteiger partial charge >= 0.3 is 0 Å². The minimum absolute atomic E-state index is 0.435. The van der Waals surface area contributed by atoms with Crippen molar-refractivity contribution in [3.8, 4) is 0 Å². The molecular formula is C13H9ClN4S2. The third-order valence-electron chi connectivity index (χ3n) is 2.54. The fourth-order valence-electron chi connectivity index (χ4n) is 1.68. The Balaban J connectivity index is 2.03. The maximum absolute atomic E-state index is 6.00. The third-order valence-corrected chi connectivity index (χ3v) is 4.22. The normalized spacial score (nSPS) is 10.9. The summed E-state index contributed by atoms with van der Waals surface area (Å²) in [6, 6.07) is 9.62. The first-order valence-electron chi connectivity index (χ1n) is 5.72. The van der Waals surface area contributed by atoms with Crippen LogP contribution >= 0.6 is 35.1 Å². The zero-order valence-electron chi connectivity index (χ0n) is 10.4. The summed E-state index contributed by atoms with van der Waals surface area (Å²) in [6.45, 7) is 0. The fraction of sp³-hybridized carbons (Fsp3) is 0.0769. The number of halogens is 1. The molecule has 4 nitrogen and oxygen atoms in total. The number of rotatable bonds is 3. The quantitative estimate of drug-likeness (QED) is 0.414. The summed E-state index contributed by atoms with van der Waals surface area (Å²) in [5.41, 5.74) is 0.912. The van der Waals surface area contributed by atoms with Crippen LogP contribution < -0.4 is 0 Å². The maximum Gasteiger partial charge on any atom is 0.189 e. The molecule has 0 aliphatic heterocycles. The number of aromatic nitrogens is 4.